The van der Waals surface area contributed by atoms with Crippen molar-refractivity contribution in [3.05, 3.63) is 36.2 Å². The highest BCUT2D eigenvalue weighted by Crippen LogP contribution is 2.31. The maximum absolute atomic E-state index is 5.52. The molecule has 0 radical (unpaired) electrons. The van der Waals surface area contributed by atoms with Crippen molar-refractivity contribution in [2.45, 2.75) is 25.5 Å². The molecule has 5 nitrogen and oxygen atoms in total. The second kappa shape index (κ2) is 7.15. The van der Waals surface area contributed by atoms with Crippen LogP contribution in [-0.4, -0.2) is 48.1 Å². The number of nitrogens with zero attached hydrogens (tertiary/aromatic N) is 3. The van der Waals surface area contributed by atoms with Crippen molar-refractivity contribution in [2.75, 3.05) is 27.3 Å². The summed E-state index contributed by atoms with van der Waals surface area (Å²) >= 11 is 0. The molecule has 1 saturated heterocycles. The Kier molecular flexibility index (Phi) is 4.98. The third-order valence-corrected chi connectivity index (χ3v) is 4.48. The summed E-state index contributed by atoms with van der Waals surface area (Å²) in [7, 11) is 5.45. The van der Waals surface area contributed by atoms with Gasteiger partial charge in [0.25, 0.3) is 0 Å². The van der Waals surface area contributed by atoms with Gasteiger partial charge in [0.15, 0.2) is 0 Å². The summed E-state index contributed by atoms with van der Waals surface area (Å²) in [5, 5.41) is 4.27. The van der Waals surface area contributed by atoms with Gasteiger partial charge in [-0.15, -0.1) is 0 Å². The Morgan fingerprint density at radius 2 is 2.17 bits per heavy atom. The smallest absolute Gasteiger partial charge is 0.126 e. The number of rotatable bonds is 5. The molecule has 1 aliphatic heterocycles. The molecule has 1 aliphatic rings. The van der Waals surface area contributed by atoms with Gasteiger partial charge in [-0.25, -0.2) is 0 Å². The second-order valence-electron chi connectivity index (χ2n) is 6.17. The monoisotopic (exact) mass is 315 g/mol. The van der Waals surface area contributed by atoms with Crippen molar-refractivity contribution in [2.24, 2.45) is 7.05 Å². The van der Waals surface area contributed by atoms with Crippen LogP contribution in [0, 0.1) is 0 Å². The largest absolute Gasteiger partial charge is 0.496 e. The van der Waals surface area contributed by atoms with E-state index < -0.39 is 0 Å². The van der Waals surface area contributed by atoms with E-state index in [-0.39, 0.29) is 0 Å². The Bertz CT molecular complexity index is 653. The first-order valence-electron chi connectivity index (χ1n) is 8.10. The minimum absolute atomic E-state index is 0.361. The van der Waals surface area contributed by atoms with E-state index in [1.807, 2.05) is 31.2 Å². The van der Waals surface area contributed by atoms with Crippen LogP contribution in [0.25, 0.3) is 11.1 Å². The van der Waals surface area contributed by atoms with Crippen LogP contribution in [0.2, 0.25) is 0 Å². The van der Waals surface area contributed by atoms with E-state index in [9.17, 15) is 0 Å². The third kappa shape index (κ3) is 3.74. The van der Waals surface area contributed by atoms with E-state index in [2.05, 4.69) is 28.2 Å². The molecule has 1 atom stereocenters. The van der Waals surface area contributed by atoms with Crippen LogP contribution in [0.5, 0.6) is 5.75 Å². The lowest BCUT2D eigenvalue weighted by atomic mass is 10.0. The van der Waals surface area contributed by atoms with Gasteiger partial charge in [0, 0.05) is 44.6 Å². The van der Waals surface area contributed by atoms with Gasteiger partial charge >= 0.3 is 0 Å². The van der Waals surface area contributed by atoms with E-state index in [4.69, 9.17) is 9.47 Å². The Balaban J connectivity index is 1.80. The lowest BCUT2D eigenvalue weighted by Gasteiger charge is -2.32. The average molecular weight is 315 g/mol. The van der Waals surface area contributed by atoms with Gasteiger partial charge in [-0.05, 0) is 37.1 Å². The van der Waals surface area contributed by atoms with Gasteiger partial charge in [-0.2, -0.15) is 5.10 Å². The molecule has 124 valence electrons. The Labute approximate surface area is 137 Å². The van der Waals surface area contributed by atoms with Crippen molar-refractivity contribution in [3.8, 4) is 16.9 Å². The van der Waals surface area contributed by atoms with Crippen molar-refractivity contribution in [1.29, 1.82) is 0 Å². The van der Waals surface area contributed by atoms with Gasteiger partial charge in [-0.3, -0.25) is 9.58 Å². The fraction of sp³-hybridized carbons (Fsp3) is 0.500. The van der Waals surface area contributed by atoms with Crippen LogP contribution in [0.15, 0.2) is 30.6 Å². The number of benzene rings is 1. The Morgan fingerprint density at radius 3 is 2.87 bits per heavy atom. The highest BCUT2D eigenvalue weighted by Gasteiger charge is 2.20. The summed E-state index contributed by atoms with van der Waals surface area (Å²) in [5.41, 5.74) is 3.47. The maximum atomic E-state index is 5.52. The van der Waals surface area contributed by atoms with Gasteiger partial charge in [0.05, 0.1) is 19.4 Å². The fourth-order valence-corrected chi connectivity index (χ4v) is 3.25. The minimum atomic E-state index is 0.361. The van der Waals surface area contributed by atoms with Crippen molar-refractivity contribution in [1.82, 2.24) is 14.7 Å². The molecule has 0 N–H and O–H groups in total. The Hall–Kier alpha value is -1.85. The molecule has 3 rings (SSSR count). The lowest BCUT2D eigenvalue weighted by molar-refractivity contribution is 0.0285. The van der Waals surface area contributed by atoms with Gasteiger partial charge < -0.3 is 9.47 Å². The molecular formula is C18H25N3O2. The number of hydrogen-bond donors (Lipinski definition) is 0. The summed E-state index contributed by atoms with van der Waals surface area (Å²) in [4.78, 5) is 2.46. The summed E-state index contributed by atoms with van der Waals surface area (Å²) in [6.07, 6.45) is 6.62. The zero-order valence-electron chi connectivity index (χ0n) is 14.2. The normalized spacial score (nSPS) is 19.0. The molecular weight excluding hydrogens is 290 g/mol. The quantitative estimate of drug-likeness (QED) is 0.850. The molecule has 0 aliphatic carbocycles. The van der Waals surface area contributed by atoms with Crippen LogP contribution in [0.4, 0.5) is 0 Å². The van der Waals surface area contributed by atoms with Crippen LogP contribution in [0.1, 0.15) is 18.4 Å². The van der Waals surface area contributed by atoms with Crippen LogP contribution in [-0.2, 0) is 18.3 Å². The molecule has 1 aromatic heterocycles. The number of aryl methyl sites for hydroxylation is 1. The van der Waals surface area contributed by atoms with E-state index in [1.54, 1.807) is 7.11 Å². The predicted octanol–water partition coefficient (Wildman–Crippen LogP) is 2.71. The molecule has 1 aromatic carbocycles. The van der Waals surface area contributed by atoms with E-state index in [1.165, 1.54) is 12.0 Å². The third-order valence-electron chi connectivity index (χ3n) is 4.48. The first-order valence-corrected chi connectivity index (χ1v) is 8.10. The summed E-state index contributed by atoms with van der Waals surface area (Å²) in [5.74, 6) is 0.884. The number of ether oxygens (including phenoxy) is 2. The number of hydrogen-bond acceptors (Lipinski definition) is 4. The first-order chi connectivity index (χ1) is 11.2. The number of aromatic nitrogens is 2. The van der Waals surface area contributed by atoms with Crippen LogP contribution < -0.4 is 4.74 Å². The predicted molar refractivity (Wildman–Crippen MR) is 90.5 cm³/mol. The number of piperidine rings is 1. The molecule has 0 amide bonds. The van der Waals surface area contributed by atoms with Crippen LogP contribution >= 0.6 is 0 Å². The van der Waals surface area contributed by atoms with Crippen molar-refractivity contribution < 1.29 is 9.47 Å². The molecule has 2 aromatic rings. The highest BCUT2D eigenvalue weighted by molar-refractivity contribution is 5.70. The second-order valence-corrected chi connectivity index (χ2v) is 6.17. The summed E-state index contributed by atoms with van der Waals surface area (Å²) in [6, 6.07) is 6.41. The first kappa shape index (κ1) is 16.0. The van der Waals surface area contributed by atoms with Crippen LogP contribution in [0.3, 0.4) is 0 Å². The zero-order valence-corrected chi connectivity index (χ0v) is 14.2. The van der Waals surface area contributed by atoms with E-state index in [0.29, 0.717) is 6.10 Å². The van der Waals surface area contributed by atoms with Crippen molar-refractivity contribution >= 4 is 0 Å². The molecule has 0 saturated carbocycles. The molecule has 23 heavy (non-hydrogen) atoms. The standard InChI is InChI=1S/C18H25N3O2/c1-20-12-15(10-19-20)17-9-14(6-7-18(17)23-3)11-21-8-4-5-16(13-21)22-2/h6-7,9-10,12,16H,4-5,8,11,13H2,1-3H3. The zero-order chi connectivity index (χ0) is 16.2. The lowest BCUT2D eigenvalue weighted by Crippen LogP contribution is -2.38. The van der Waals surface area contributed by atoms with E-state index >= 15 is 0 Å². The SMILES string of the molecule is COc1ccc(CN2CCCC(OC)C2)cc1-c1cnn(C)c1. The van der Waals surface area contributed by atoms with Crippen molar-refractivity contribution in [3.63, 3.8) is 0 Å². The maximum Gasteiger partial charge on any atom is 0.126 e. The fourth-order valence-electron chi connectivity index (χ4n) is 3.25. The van der Waals surface area contributed by atoms with Gasteiger partial charge in [0.1, 0.15) is 5.75 Å². The van der Waals surface area contributed by atoms with Gasteiger partial charge in [-0.1, -0.05) is 6.07 Å². The number of likely N-dealkylation sites (tertiary alicyclic amines) is 1. The Morgan fingerprint density at radius 1 is 1.30 bits per heavy atom. The van der Waals surface area contributed by atoms with E-state index in [0.717, 1.165) is 42.9 Å². The minimum Gasteiger partial charge on any atom is -0.496 e. The van der Waals surface area contributed by atoms with Gasteiger partial charge in [0.2, 0.25) is 0 Å². The molecule has 2 heterocycles. The average Bonchev–Trinajstić information content (AvgIpc) is 3.01. The number of methoxy groups -OCH3 is 2. The molecule has 1 unspecified atom stereocenters. The highest BCUT2D eigenvalue weighted by atomic mass is 16.5. The molecule has 1 fully saturated rings. The molecule has 0 bridgehead atoms. The topological polar surface area (TPSA) is 39.5 Å². The molecule has 0 spiro atoms. The molecule has 5 heteroatoms. The summed E-state index contributed by atoms with van der Waals surface area (Å²) in [6.45, 7) is 3.08. The summed E-state index contributed by atoms with van der Waals surface area (Å²) < 4.78 is 12.9.